The summed E-state index contributed by atoms with van der Waals surface area (Å²) in [6.07, 6.45) is 2.47. The Morgan fingerprint density at radius 3 is 2.27 bits per heavy atom. The maximum Gasteiger partial charge on any atom is 0.290 e. The number of methoxy groups -OCH3 is 1. The lowest BCUT2D eigenvalue weighted by Crippen LogP contribution is -2.45. The van der Waals surface area contributed by atoms with E-state index in [2.05, 4.69) is 30.6 Å². The molecule has 2 heterocycles. The van der Waals surface area contributed by atoms with Crippen molar-refractivity contribution in [1.29, 1.82) is 0 Å². The highest BCUT2D eigenvalue weighted by Gasteiger charge is 2.29. The second-order valence-electron chi connectivity index (χ2n) is 5.78. The smallest absolute Gasteiger partial charge is 0.290 e. The molecule has 0 aromatic carbocycles. The van der Waals surface area contributed by atoms with Gasteiger partial charge in [0.2, 0.25) is 0 Å². The largest absolute Gasteiger partial charge is 0.483 e. The van der Waals surface area contributed by atoms with Gasteiger partial charge in [0.05, 0.1) is 13.2 Å². The predicted molar refractivity (Wildman–Crippen MR) is 88.4 cm³/mol. The Balaban J connectivity index is 0.000000465. The van der Waals surface area contributed by atoms with Crippen LogP contribution < -0.4 is 0 Å². The molecule has 22 heavy (non-hydrogen) atoms. The van der Waals surface area contributed by atoms with E-state index in [1.54, 1.807) is 7.11 Å². The van der Waals surface area contributed by atoms with Crippen molar-refractivity contribution in [2.24, 2.45) is 0 Å². The molecule has 0 radical (unpaired) electrons. The van der Waals surface area contributed by atoms with Crippen molar-refractivity contribution in [2.75, 3.05) is 53.1 Å². The molecule has 6 nitrogen and oxygen atoms in total. The number of morpholine rings is 1. The maximum atomic E-state index is 8.36. The van der Waals surface area contributed by atoms with Crippen LogP contribution >= 0.6 is 0 Å². The van der Waals surface area contributed by atoms with Crippen LogP contribution in [0.25, 0.3) is 0 Å². The van der Waals surface area contributed by atoms with Gasteiger partial charge in [0.15, 0.2) is 0 Å². The normalized spacial score (nSPS) is 22.5. The van der Waals surface area contributed by atoms with Crippen LogP contribution in [0.5, 0.6) is 0 Å². The summed E-state index contributed by atoms with van der Waals surface area (Å²) in [5.74, 6) is 0. The molecule has 6 heteroatoms. The minimum absolute atomic E-state index is 0.250. The molecule has 0 saturated carbocycles. The number of likely N-dealkylation sites (tertiary alicyclic amines) is 1. The monoisotopic (exact) mass is 318 g/mol. The zero-order chi connectivity index (χ0) is 16.8. The molecule has 0 spiro atoms. The zero-order valence-corrected chi connectivity index (χ0v) is 14.7. The van der Waals surface area contributed by atoms with Gasteiger partial charge in [-0.25, -0.2) is 0 Å². The standard InChI is InChI=1S/C11H22N2O.C4H10O.CH2O2/c1-10(2)13-4-3-11(9-13)12-5-7-14-8-6-12;1-3-4-5-2;2-1-3/h10-11H,3-9H2,1-2H3;3-4H2,1-2H3;1H,(H,2,3). The molecule has 0 aromatic heterocycles. The molecule has 1 N–H and O–H groups in total. The van der Waals surface area contributed by atoms with Crippen molar-refractivity contribution in [1.82, 2.24) is 9.80 Å². The first-order chi connectivity index (χ1) is 10.6. The molecule has 0 aliphatic carbocycles. The van der Waals surface area contributed by atoms with Gasteiger partial charge in [-0.1, -0.05) is 6.92 Å². The van der Waals surface area contributed by atoms with Crippen molar-refractivity contribution in [3.8, 4) is 0 Å². The van der Waals surface area contributed by atoms with Crippen LogP contribution in [0.3, 0.4) is 0 Å². The highest BCUT2D eigenvalue weighted by Crippen LogP contribution is 2.18. The van der Waals surface area contributed by atoms with Crippen molar-refractivity contribution in [3.05, 3.63) is 0 Å². The SMILES string of the molecule is CC(C)N1CCC(N2CCOCC2)C1.CCCOC.O=CO. The van der Waals surface area contributed by atoms with Crippen molar-refractivity contribution in [2.45, 2.75) is 45.7 Å². The molecule has 132 valence electrons. The molecule has 2 rings (SSSR count). The van der Waals surface area contributed by atoms with Crippen molar-refractivity contribution < 1.29 is 19.4 Å². The van der Waals surface area contributed by atoms with Gasteiger partial charge in [0, 0.05) is 52.0 Å². The lowest BCUT2D eigenvalue weighted by molar-refractivity contribution is -0.122. The van der Waals surface area contributed by atoms with E-state index < -0.39 is 0 Å². The number of hydrogen-bond donors (Lipinski definition) is 1. The second kappa shape index (κ2) is 13.9. The van der Waals surface area contributed by atoms with Crippen LogP contribution in [0.1, 0.15) is 33.6 Å². The van der Waals surface area contributed by atoms with E-state index in [1.165, 1.54) is 19.5 Å². The Hall–Kier alpha value is -0.690. The van der Waals surface area contributed by atoms with Gasteiger partial charge in [0.25, 0.3) is 6.47 Å². The van der Waals surface area contributed by atoms with E-state index in [0.717, 1.165) is 45.4 Å². The molecule has 0 aromatic rings. The van der Waals surface area contributed by atoms with Gasteiger partial charge >= 0.3 is 0 Å². The Labute approximate surface area is 135 Å². The first-order valence-corrected chi connectivity index (χ1v) is 8.23. The van der Waals surface area contributed by atoms with Gasteiger partial charge in [-0.2, -0.15) is 0 Å². The summed E-state index contributed by atoms with van der Waals surface area (Å²) in [5.41, 5.74) is 0. The molecular weight excluding hydrogens is 284 g/mol. The van der Waals surface area contributed by atoms with E-state index in [-0.39, 0.29) is 6.47 Å². The maximum absolute atomic E-state index is 8.36. The molecule has 1 unspecified atom stereocenters. The third kappa shape index (κ3) is 9.35. The fourth-order valence-electron chi connectivity index (χ4n) is 2.68. The molecular formula is C16H34N2O4. The molecule has 2 aliphatic rings. The third-order valence-corrected chi connectivity index (χ3v) is 3.90. The highest BCUT2D eigenvalue weighted by atomic mass is 16.5. The number of ether oxygens (including phenoxy) is 2. The van der Waals surface area contributed by atoms with Crippen molar-refractivity contribution >= 4 is 6.47 Å². The molecule has 1 atom stereocenters. The Bertz CT molecular complexity index is 257. The summed E-state index contributed by atoms with van der Waals surface area (Å²) in [6, 6.07) is 1.50. The number of nitrogens with zero attached hydrogens (tertiary/aromatic N) is 2. The molecule has 0 amide bonds. The Kier molecular flexibility index (Phi) is 13.5. The molecule has 2 saturated heterocycles. The van der Waals surface area contributed by atoms with Gasteiger partial charge in [0.1, 0.15) is 0 Å². The number of carboxylic acid groups (broad SMARTS) is 1. The first-order valence-electron chi connectivity index (χ1n) is 8.23. The Morgan fingerprint density at radius 2 is 1.91 bits per heavy atom. The molecule has 2 fully saturated rings. The van der Waals surface area contributed by atoms with Crippen LogP contribution in [-0.4, -0.2) is 86.6 Å². The summed E-state index contributed by atoms with van der Waals surface area (Å²) in [5, 5.41) is 6.89. The lowest BCUT2D eigenvalue weighted by atomic mass is 10.2. The van der Waals surface area contributed by atoms with Gasteiger partial charge in [-0.15, -0.1) is 0 Å². The topological polar surface area (TPSA) is 62.2 Å². The average molecular weight is 318 g/mol. The van der Waals surface area contributed by atoms with E-state index in [0.29, 0.717) is 6.04 Å². The van der Waals surface area contributed by atoms with Crippen LogP contribution in [-0.2, 0) is 14.3 Å². The summed E-state index contributed by atoms with van der Waals surface area (Å²) in [4.78, 5) is 13.5. The van der Waals surface area contributed by atoms with E-state index in [9.17, 15) is 0 Å². The van der Waals surface area contributed by atoms with Crippen LogP contribution in [0.15, 0.2) is 0 Å². The number of rotatable bonds is 4. The number of carbonyl (C=O) groups is 1. The Morgan fingerprint density at radius 1 is 1.32 bits per heavy atom. The summed E-state index contributed by atoms with van der Waals surface area (Å²) in [7, 11) is 1.71. The van der Waals surface area contributed by atoms with Gasteiger partial charge in [-0.05, 0) is 26.7 Å². The minimum Gasteiger partial charge on any atom is -0.483 e. The lowest BCUT2D eigenvalue weighted by Gasteiger charge is -2.32. The minimum atomic E-state index is -0.250. The third-order valence-electron chi connectivity index (χ3n) is 3.90. The van der Waals surface area contributed by atoms with Gasteiger partial charge in [-0.3, -0.25) is 14.6 Å². The summed E-state index contributed by atoms with van der Waals surface area (Å²) in [6.45, 7) is 14.0. The summed E-state index contributed by atoms with van der Waals surface area (Å²) >= 11 is 0. The van der Waals surface area contributed by atoms with Crippen LogP contribution in [0.4, 0.5) is 0 Å². The average Bonchev–Trinajstić information content (AvgIpc) is 3.01. The second-order valence-corrected chi connectivity index (χ2v) is 5.78. The first kappa shape index (κ1) is 21.3. The van der Waals surface area contributed by atoms with E-state index in [1.807, 2.05) is 0 Å². The van der Waals surface area contributed by atoms with E-state index >= 15 is 0 Å². The van der Waals surface area contributed by atoms with E-state index in [4.69, 9.17) is 19.4 Å². The highest BCUT2D eigenvalue weighted by molar-refractivity contribution is 5.32. The fourth-order valence-corrected chi connectivity index (χ4v) is 2.68. The zero-order valence-electron chi connectivity index (χ0n) is 14.7. The fraction of sp³-hybridized carbons (Fsp3) is 0.938. The quantitative estimate of drug-likeness (QED) is 0.794. The molecule has 0 bridgehead atoms. The number of hydrogen-bond acceptors (Lipinski definition) is 5. The summed E-state index contributed by atoms with van der Waals surface area (Å²) < 4.78 is 10.1. The predicted octanol–water partition coefficient (Wildman–Crippen LogP) is 1.54. The van der Waals surface area contributed by atoms with Crippen LogP contribution in [0.2, 0.25) is 0 Å². The molecule has 2 aliphatic heterocycles. The van der Waals surface area contributed by atoms with Gasteiger partial charge < -0.3 is 14.6 Å². The van der Waals surface area contributed by atoms with Crippen LogP contribution in [0, 0.1) is 0 Å². The van der Waals surface area contributed by atoms with Crippen molar-refractivity contribution in [3.63, 3.8) is 0 Å².